The van der Waals surface area contributed by atoms with Crippen molar-refractivity contribution in [1.82, 2.24) is 0 Å². The van der Waals surface area contributed by atoms with Crippen molar-refractivity contribution in [3.8, 4) is 44.9 Å². The van der Waals surface area contributed by atoms with Crippen LogP contribution in [0.15, 0.2) is 138 Å². The first-order valence-electron chi connectivity index (χ1n) is 14.5. The minimum atomic E-state index is 0.907. The fraction of sp³-hybridized carbons (Fsp3) is 0. The molecule has 0 saturated heterocycles. The average Bonchev–Trinajstić information content (AvgIpc) is 3.62. The summed E-state index contributed by atoms with van der Waals surface area (Å²) in [4.78, 5) is 0. The Labute approximate surface area is 251 Å². The van der Waals surface area contributed by atoms with E-state index < -0.39 is 0 Å². The Kier molecular flexibility index (Phi) is 4.63. The molecule has 0 amide bonds. The lowest BCUT2D eigenvalue weighted by Gasteiger charge is -2.22. The van der Waals surface area contributed by atoms with Gasteiger partial charge in [-0.05, 0) is 64.0 Å². The summed E-state index contributed by atoms with van der Waals surface area (Å²) >= 11 is 1.85. The molecule has 3 heteroatoms. The average molecular weight is 567 g/mol. The molecule has 43 heavy (non-hydrogen) atoms. The van der Waals surface area contributed by atoms with E-state index in [4.69, 9.17) is 9.15 Å². The molecule has 200 valence electrons. The van der Waals surface area contributed by atoms with E-state index >= 15 is 0 Å². The van der Waals surface area contributed by atoms with Crippen LogP contribution in [0.4, 0.5) is 0 Å². The minimum absolute atomic E-state index is 0.907. The number of fused-ring (bicyclic) bond motifs is 8. The largest absolute Gasteiger partial charge is 0.456 e. The Morgan fingerprint density at radius 1 is 0.442 bits per heavy atom. The zero-order valence-corrected chi connectivity index (χ0v) is 23.7. The summed E-state index contributed by atoms with van der Waals surface area (Å²) in [5.41, 5.74) is 8.94. The van der Waals surface area contributed by atoms with Gasteiger partial charge in [-0.2, -0.15) is 0 Å². The van der Waals surface area contributed by atoms with Crippen LogP contribution in [-0.2, 0) is 0 Å². The Bertz CT molecular complexity index is 2600. The van der Waals surface area contributed by atoms with Crippen LogP contribution in [0.1, 0.15) is 0 Å². The first-order valence-corrected chi connectivity index (χ1v) is 15.3. The van der Waals surface area contributed by atoms with E-state index in [0.717, 1.165) is 44.6 Å². The number of rotatable bonds is 2. The molecule has 0 aliphatic carbocycles. The van der Waals surface area contributed by atoms with Crippen molar-refractivity contribution in [3.05, 3.63) is 133 Å². The van der Waals surface area contributed by atoms with Crippen LogP contribution < -0.4 is 4.74 Å². The van der Waals surface area contributed by atoms with Gasteiger partial charge in [-0.25, -0.2) is 0 Å². The SMILES string of the molecule is c1cc2c3c(cccc3c1)-c1cc(-c3ccc4c(c3)sc3cc(-c5cccc6c5oc5ccccc56)ccc34)ccc1O2. The summed E-state index contributed by atoms with van der Waals surface area (Å²) < 4.78 is 15.2. The summed E-state index contributed by atoms with van der Waals surface area (Å²) in [5.74, 6) is 1.83. The molecule has 0 bridgehead atoms. The fourth-order valence-corrected chi connectivity index (χ4v) is 8.03. The highest BCUT2D eigenvalue weighted by atomic mass is 32.1. The standard InChI is InChI=1S/C40H22O2S/c1-2-12-34-28(8-1)32-11-5-9-27(40(32)42-34)26-15-18-30-29-17-14-25(21-37(29)43-38(30)22-26)24-16-19-35-33(20-24)31-10-3-6-23-7-4-13-36(41-35)39(23)31/h1-22H. The second kappa shape index (κ2) is 8.57. The molecule has 2 aromatic heterocycles. The van der Waals surface area contributed by atoms with Crippen LogP contribution >= 0.6 is 11.3 Å². The third-order valence-electron chi connectivity index (χ3n) is 8.88. The van der Waals surface area contributed by atoms with Gasteiger partial charge in [0.05, 0.1) is 0 Å². The number of benzene rings is 7. The lowest BCUT2D eigenvalue weighted by atomic mass is 9.92. The zero-order chi connectivity index (χ0) is 28.1. The molecule has 0 saturated carbocycles. The van der Waals surface area contributed by atoms with E-state index in [1.54, 1.807) is 0 Å². The van der Waals surface area contributed by atoms with Crippen molar-refractivity contribution >= 4 is 64.2 Å². The van der Waals surface area contributed by atoms with Crippen LogP contribution in [-0.4, -0.2) is 0 Å². The van der Waals surface area contributed by atoms with Gasteiger partial charge in [0.2, 0.25) is 0 Å². The van der Waals surface area contributed by atoms with Gasteiger partial charge in [-0.1, -0.05) is 97.1 Å². The summed E-state index contributed by atoms with van der Waals surface area (Å²) in [7, 11) is 0. The topological polar surface area (TPSA) is 22.4 Å². The van der Waals surface area contributed by atoms with E-state index in [2.05, 4.69) is 121 Å². The smallest absolute Gasteiger partial charge is 0.143 e. The second-order valence-electron chi connectivity index (χ2n) is 11.3. The van der Waals surface area contributed by atoms with Crippen LogP contribution in [0.5, 0.6) is 11.5 Å². The van der Waals surface area contributed by atoms with E-state index in [-0.39, 0.29) is 0 Å². The van der Waals surface area contributed by atoms with Gasteiger partial charge < -0.3 is 9.15 Å². The van der Waals surface area contributed by atoms with Gasteiger partial charge in [0, 0.05) is 47.5 Å². The zero-order valence-electron chi connectivity index (χ0n) is 22.9. The lowest BCUT2D eigenvalue weighted by Crippen LogP contribution is -1.97. The summed E-state index contributed by atoms with van der Waals surface area (Å²) in [6.45, 7) is 0. The number of thiophene rings is 1. The van der Waals surface area contributed by atoms with Gasteiger partial charge in [-0.15, -0.1) is 11.3 Å². The molecule has 0 radical (unpaired) electrons. The van der Waals surface area contributed by atoms with Gasteiger partial charge in [-0.3, -0.25) is 0 Å². The molecular weight excluding hydrogens is 545 g/mol. The Hall–Kier alpha value is -5.38. The first kappa shape index (κ1) is 23.2. The van der Waals surface area contributed by atoms with Crippen molar-refractivity contribution in [2.45, 2.75) is 0 Å². The van der Waals surface area contributed by atoms with Gasteiger partial charge in [0.25, 0.3) is 0 Å². The molecule has 1 aliphatic heterocycles. The molecule has 0 N–H and O–H groups in total. The number of ether oxygens (including phenoxy) is 1. The molecule has 0 spiro atoms. The highest BCUT2D eigenvalue weighted by molar-refractivity contribution is 7.25. The quantitative estimate of drug-likeness (QED) is 0.208. The third kappa shape index (κ3) is 3.34. The fourth-order valence-electron chi connectivity index (χ4n) is 6.84. The minimum Gasteiger partial charge on any atom is -0.456 e. The van der Waals surface area contributed by atoms with Gasteiger partial charge in [0.1, 0.15) is 22.7 Å². The Morgan fingerprint density at radius 2 is 1.14 bits per heavy atom. The number of furan rings is 1. The highest BCUT2D eigenvalue weighted by Crippen LogP contribution is 2.48. The summed E-state index contributed by atoms with van der Waals surface area (Å²) in [5, 5.41) is 7.28. The van der Waals surface area contributed by atoms with Crippen LogP contribution in [0.3, 0.4) is 0 Å². The monoisotopic (exact) mass is 566 g/mol. The third-order valence-corrected chi connectivity index (χ3v) is 9.99. The maximum Gasteiger partial charge on any atom is 0.143 e. The normalized spacial score (nSPS) is 12.4. The van der Waals surface area contributed by atoms with Crippen molar-refractivity contribution < 1.29 is 9.15 Å². The lowest BCUT2D eigenvalue weighted by molar-refractivity contribution is 0.487. The predicted octanol–water partition coefficient (Wildman–Crippen LogP) is 12.2. The van der Waals surface area contributed by atoms with E-state index in [0.29, 0.717) is 0 Å². The van der Waals surface area contributed by atoms with Crippen molar-refractivity contribution in [1.29, 1.82) is 0 Å². The maximum atomic E-state index is 6.35. The Morgan fingerprint density at radius 3 is 2.05 bits per heavy atom. The van der Waals surface area contributed by atoms with Crippen LogP contribution in [0.2, 0.25) is 0 Å². The summed E-state index contributed by atoms with van der Waals surface area (Å²) in [6, 6.07) is 47.7. The summed E-state index contributed by atoms with van der Waals surface area (Å²) in [6.07, 6.45) is 0. The van der Waals surface area contributed by atoms with E-state index in [1.165, 1.54) is 53.2 Å². The number of para-hydroxylation sites is 2. The molecule has 0 unspecified atom stereocenters. The number of hydrogen-bond acceptors (Lipinski definition) is 3. The predicted molar refractivity (Wildman–Crippen MR) is 180 cm³/mol. The van der Waals surface area contributed by atoms with Crippen molar-refractivity contribution in [3.63, 3.8) is 0 Å². The molecule has 0 atom stereocenters. The van der Waals surface area contributed by atoms with Crippen molar-refractivity contribution in [2.75, 3.05) is 0 Å². The maximum absolute atomic E-state index is 6.35. The molecule has 2 nitrogen and oxygen atoms in total. The number of hydrogen-bond donors (Lipinski definition) is 0. The molecule has 0 fully saturated rings. The Balaban J connectivity index is 1.09. The van der Waals surface area contributed by atoms with Crippen LogP contribution in [0, 0.1) is 0 Å². The van der Waals surface area contributed by atoms with Gasteiger partial charge in [0.15, 0.2) is 0 Å². The molecule has 9 aromatic rings. The highest BCUT2D eigenvalue weighted by Gasteiger charge is 2.20. The van der Waals surface area contributed by atoms with E-state index in [9.17, 15) is 0 Å². The van der Waals surface area contributed by atoms with E-state index in [1.807, 2.05) is 23.5 Å². The molecule has 10 rings (SSSR count). The first-order chi connectivity index (χ1) is 21.3. The molecular formula is C40H22O2S. The second-order valence-corrected chi connectivity index (χ2v) is 12.4. The molecule has 7 aromatic carbocycles. The molecule has 3 heterocycles. The van der Waals surface area contributed by atoms with Crippen molar-refractivity contribution in [2.24, 2.45) is 0 Å². The van der Waals surface area contributed by atoms with Gasteiger partial charge >= 0.3 is 0 Å². The van der Waals surface area contributed by atoms with Crippen LogP contribution in [0.25, 0.3) is 86.3 Å². The molecule has 1 aliphatic rings.